The van der Waals surface area contributed by atoms with E-state index in [0.29, 0.717) is 11.5 Å². The van der Waals surface area contributed by atoms with Crippen LogP contribution in [0.25, 0.3) is 0 Å². The number of nitrogens with one attached hydrogen (secondary N) is 1. The highest BCUT2D eigenvalue weighted by molar-refractivity contribution is 5.96. The molecular weight excluding hydrogens is 236 g/mol. The summed E-state index contributed by atoms with van der Waals surface area (Å²) in [4.78, 5) is 13.8. The number of aromatic nitrogens is 1. The molecule has 2 rings (SSSR count). The Labute approximate surface area is 102 Å². The van der Waals surface area contributed by atoms with Crippen LogP contribution >= 0.6 is 0 Å². The van der Waals surface area contributed by atoms with Crippen molar-refractivity contribution >= 4 is 17.3 Å². The summed E-state index contributed by atoms with van der Waals surface area (Å²) < 4.78 is 5.01. The first-order chi connectivity index (χ1) is 8.66. The average molecular weight is 246 g/mol. The third-order valence-electron chi connectivity index (χ3n) is 2.14. The van der Waals surface area contributed by atoms with E-state index in [4.69, 9.17) is 4.42 Å². The van der Waals surface area contributed by atoms with Crippen LogP contribution in [-0.2, 0) is 0 Å². The molecule has 2 heterocycles. The highest BCUT2D eigenvalue weighted by Gasteiger charge is 2.13. The molecule has 0 spiro atoms. The summed E-state index contributed by atoms with van der Waals surface area (Å²) in [7, 11) is 0. The Morgan fingerprint density at radius 3 is 2.94 bits per heavy atom. The van der Waals surface area contributed by atoms with Crippen molar-refractivity contribution in [2.45, 2.75) is 6.92 Å². The Bertz CT molecular complexity index is 577. The van der Waals surface area contributed by atoms with Crippen LogP contribution in [0.3, 0.4) is 0 Å². The Balaban J connectivity index is 2.10. The normalized spacial score (nSPS) is 11.3. The third kappa shape index (κ3) is 2.70. The van der Waals surface area contributed by atoms with Gasteiger partial charge in [0.1, 0.15) is 10.6 Å². The fourth-order valence-corrected chi connectivity index (χ4v) is 1.25. The third-order valence-corrected chi connectivity index (χ3v) is 2.14. The number of nitrogens with zero attached hydrogens (tertiary/aromatic N) is 3. The van der Waals surface area contributed by atoms with Gasteiger partial charge < -0.3 is 4.42 Å². The van der Waals surface area contributed by atoms with E-state index < -0.39 is 4.92 Å². The highest BCUT2D eigenvalue weighted by atomic mass is 16.6. The largest absolute Gasteiger partial charge is 0.433 e. The smallest absolute Gasteiger partial charge is 0.399 e. The SMILES string of the molecule is CC(=NNc1cccnc1)c1ccc([N+](=O)[O-])o1. The summed E-state index contributed by atoms with van der Waals surface area (Å²) in [6, 6.07) is 6.36. The van der Waals surface area contributed by atoms with Crippen molar-refractivity contribution in [1.29, 1.82) is 0 Å². The van der Waals surface area contributed by atoms with E-state index in [-0.39, 0.29) is 5.88 Å². The lowest BCUT2D eigenvalue weighted by molar-refractivity contribution is -0.402. The lowest BCUT2D eigenvalue weighted by atomic mass is 10.3. The molecule has 0 unspecified atom stereocenters. The van der Waals surface area contributed by atoms with Gasteiger partial charge in [0.05, 0.1) is 18.0 Å². The molecule has 0 saturated carbocycles. The number of nitro groups is 1. The molecule has 0 amide bonds. The number of pyridine rings is 1. The summed E-state index contributed by atoms with van der Waals surface area (Å²) in [6.45, 7) is 1.69. The number of rotatable bonds is 4. The van der Waals surface area contributed by atoms with Crippen molar-refractivity contribution in [2.24, 2.45) is 5.10 Å². The molecule has 0 radical (unpaired) electrons. The second kappa shape index (κ2) is 5.09. The summed E-state index contributed by atoms with van der Waals surface area (Å²) in [5.74, 6) is 0.0408. The summed E-state index contributed by atoms with van der Waals surface area (Å²) >= 11 is 0. The van der Waals surface area contributed by atoms with Crippen LogP contribution < -0.4 is 5.43 Å². The molecule has 0 aliphatic carbocycles. The van der Waals surface area contributed by atoms with E-state index in [2.05, 4.69) is 15.5 Å². The number of hydrogen-bond acceptors (Lipinski definition) is 6. The molecule has 0 fully saturated rings. The topological polar surface area (TPSA) is 93.6 Å². The quantitative estimate of drug-likeness (QED) is 0.508. The minimum absolute atomic E-state index is 0.305. The van der Waals surface area contributed by atoms with Crippen molar-refractivity contribution in [3.63, 3.8) is 0 Å². The van der Waals surface area contributed by atoms with Crippen molar-refractivity contribution in [2.75, 3.05) is 5.43 Å². The van der Waals surface area contributed by atoms with Crippen LogP contribution in [0.5, 0.6) is 0 Å². The Kier molecular flexibility index (Phi) is 3.33. The summed E-state index contributed by atoms with van der Waals surface area (Å²) in [6.07, 6.45) is 3.26. The van der Waals surface area contributed by atoms with Gasteiger partial charge in [0, 0.05) is 6.20 Å². The maximum absolute atomic E-state index is 10.5. The minimum Gasteiger partial charge on any atom is -0.399 e. The molecule has 0 bridgehead atoms. The Hall–Kier alpha value is -2.70. The molecule has 7 heteroatoms. The fourth-order valence-electron chi connectivity index (χ4n) is 1.25. The number of hydrogen-bond donors (Lipinski definition) is 1. The van der Waals surface area contributed by atoms with E-state index in [1.54, 1.807) is 31.5 Å². The van der Waals surface area contributed by atoms with Gasteiger partial charge in [-0.1, -0.05) is 0 Å². The van der Waals surface area contributed by atoms with E-state index >= 15 is 0 Å². The van der Waals surface area contributed by atoms with Gasteiger partial charge in [-0.2, -0.15) is 5.10 Å². The van der Waals surface area contributed by atoms with Crippen LogP contribution in [-0.4, -0.2) is 15.6 Å². The van der Waals surface area contributed by atoms with Gasteiger partial charge in [-0.15, -0.1) is 0 Å². The summed E-state index contributed by atoms with van der Waals surface area (Å²) in [5.41, 5.74) is 4.00. The fraction of sp³-hybridized carbons (Fsp3) is 0.0909. The molecule has 0 atom stereocenters. The zero-order chi connectivity index (χ0) is 13.0. The number of hydrazone groups is 1. The molecule has 0 saturated heterocycles. The Morgan fingerprint density at radius 1 is 1.50 bits per heavy atom. The first kappa shape index (κ1) is 11.8. The maximum atomic E-state index is 10.5. The van der Waals surface area contributed by atoms with E-state index in [9.17, 15) is 10.1 Å². The molecule has 0 aliphatic rings. The average Bonchev–Trinajstić information content (AvgIpc) is 2.87. The van der Waals surface area contributed by atoms with Crippen LogP contribution in [0.4, 0.5) is 11.6 Å². The van der Waals surface area contributed by atoms with E-state index in [0.717, 1.165) is 5.69 Å². The predicted octanol–water partition coefficient (Wildman–Crippen LogP) is 2.42. The molecule has 0 aromatic carbocycles. The van der Waals surface area contributed by atoms with Gasteiger partial charge in [0.15, 0.2) is 5.76 Å². The molecule has 18 heavy (non-hydrogen) atoms. The second-order valence-electron chi connectivity index (χ2n) is 3.45. The lowest BCUT2D eigenvalue weighted by Gasteiger charge is -1.99. The minimum atomic E-state index is -0.592. The molecular formula is C11H10N4O3. The lowest BCUT2D eigenvalue weighted by Crippen LogP contribution is -1.98. The maximum Gasteiger partial charge on any atom is 0.433 e. The zero-order valence-corrected chi connectivity index (χ0v) is 9.53. The first-order valence-corrected chi connectivity index (χ1v) is 5.12. The van der Waals surface area contributed by atoms with Crippen LogP contribution in [0.1, 0.15) is 12.7 Å². The van der Waals surface area contributed by atoms with E-state index in [1.807, 2.05) is 0 Å². The van der Waals surface area contributed by atoms with Gasteiger partial charge in [0.25, 0.3) is 0 Å². The Morgan fingerprint density at radius 2 is 2.33 bits per heavy atom. The van der Waals surface area contributed by atoms with Gasteiger partial charge in [-0.3, -0.25) is 20.5 Å². The number of furan rings is 1. The molecule has 7 nitrogen and oxygen atoms in total. The second-order valence-corrected chi connectivity index (χ2v) is 3.45. The molecule has 2 aromatic rings. The zero-order valence-electron chi connectivity index (χ0n) is 9.53. The van der Waals surface area contributed by atoms with Crippen molar-refractivity contribution in [3.05, 3.63) is 52.5 Å². The van der Waals surface area contributed by atoms with Crippen LogP contribution in [0, 0.1) is 10.1 Å². The van der Waals surface area contributed by atoms with Gasteiger partial charge in [-0.25, -0.2) is 0 Å². The number of anilines is 1. The predicted molar refractivity (Wildman–Crippen MR) is 65.4 cm³/mol. The van der Waals surface area contributed by atoms with Crippen molar-refractivity contribution in [3.8, 4) is 0 Å². The summed E-state index contributed by atoms with van der Waals surface area (Å²) in [5, 5.41) is 14.5. The standard InChI is InChI=1S/C11H10N4O3/c1-8(10-4-5-11(18-10)15(16)17)13-14-9-3-2-6-12-7-9/h2-7,14H,1H3. The van der Waals surface area contributed by atoms with Gasteiger partial charge in [-0.05, 0) is 25.1 Å². The van der Waals surface area contributed by atoms with Crippen molar-refractivity contribution in [1.82, 2.24) is 4.98 Å². The molecule has 1 N–H and O–H groups in total. The molecule has 92 valence electrons. The first-order valence-electron chi connectivity index (χ1n) is 5.12. The van der Waals surface area contributed by atoms with Gasteiger partial charge >= 0.3 is 5.88 Å². The van der Waals surface area contributed by atoms with Crippen molar-refractivity contribution < 1.29 is 9.34 Å². The molecule has 0 aliphatic heterocycles. The van der Waals surface area contributed by atoms with E-state index in [1.165, 1.54) is 12.1 Å². The monoisotopic (exact) mass is 246 g/mol. The molecule has 2 aromatic heterocycles. The highest BCUT2D eigenvalue weighted by Crippen LogP contribution is 2.16. The van der Waals surface area contributed by atoms with Crippen LogP contribution in [0.15, 0.2) is 46.2 Å². The van der Waals surface area contributed by atoms with Crippen LogP contribution in [0.2, 0.25) is 0 Å². The van der Waals surface area contributed by atoms with Gasteiger partial charge in [0.2, 0.25) is 0 Å².